The summed E-state index contributed by atoms with van der Waals surface area (Å²) in [6.07, 6.45) is 18.7. The van der Waals surface area contributed by atoms with Crippen LogP contribution in [0.4, 0.5) is 0 Å². The average Bonchev–Trinajstić information content (AvgIpc) is 2.86. The van der Waals surface area contributed by atoms with E-state index in [2.05, 4.69) is 52.7 Å². The molecule has 0 amide bonds. The fraction of sp³-hybridized carbons (Fsp3) is 0.600. The van der Waals surface area contributed by atoms with E-state index in [-0.39, 0.29) is 0 Å². The summed E-state index contributed by atoms with van der Waals surface area (Å²) in [4.78, 5) is 0. The van der Waals surface area contributed by atoms with Crippen LogP contribution in [-0.4, -0.2) is 0 Å². The molecule has 0 saturated heterocycles. The molecule has 21 heavy (non-hydrogen) atoms. The van der Waals surface area contributed by atoms with Crippen molar-refractivity contribution in [1.82, 2.24) is 0 Å². The van der Waals surface area contributed by atoms with Gasteiger partial charge in [-0.2, -0.15) is 0 Å². The number of unbranched alkanes of at least 4 members (excludes halogenated alkanes) is 1. The summed E-state index contributed by atoms with van der Waals surface area (Å²) in [5, 5.41) is 0. The molecule has 0 fully saturated rings. The molecule has 1 aromatic rings. The van der Waals surface area contributed by atoms with Gasteiger partial charge in [0.1, 0.15) is 11.5 Å². The number of hydrogen-bond donors (Lipinski definition) is 0. The van der Waals surface area contributed by atoms with Gasteiger partial charge >= 0.3 is 0 Å². The maximum atomic E-state index is 5.94. The second-order valence-corrected chi connectivity index (χ2v) is 5.92. The third-order valence-corrected chi connectivity index (χ3v) is 3.92. The Labute approximate surface area is 131 Å². The maximum Gasteiger partial charge on any atom is 0.129 e. The molecule has 0 aliphatic carbocycles. The van der Waals surface area contributed by atoms with Crippen LogP contribution in [0, 0.1) is 25.7 Å². The van der Waals surface area contributed by atoms with Gasteiger partial charge in [-0.1, -0.05) is 52.5 Å². The van der Waals surface area contributed by atoms with Crippen molar-refractivity contribution >= 4 is 6.08 Å². The SMILES string of the molecule is C#C.C/C=C\c1oc([C@@H](C)CC[C@H](C)CCCC)cc1C. The summed E-state index contributed by atoms with van der Waals surface area (Å²) in [5.41, 5.74) is 1.25. The van der Waals surface area contributed by atoms with Crippen LogP contribution in [0.5, 0.6) is 0 Å². The van der Waals surface area contributed by atoms with Crippen molar-refractivity contribution in [3.05, 3.63) is 29.2 Å². The zero-order valence-corrected chi connectivity index (χ0v) is 14.5. The summed E-state index contributed by atoms with van der Waals surface area (Å²) >= 11 is 0. The summed E-state index contributed by atoms with van der Waals surface area (Å²) in [6, 6.07) is 2.21. The van der Waals surface area contributed by atoms with E-state index in [1.54, 1.807) is 0 Å². The molecule has 0 aliphatic rings. The molecule has 0 bridgehead atoms. The second kappa shape index (κ2) is 11.3. The normalized spacial score (nSPS) is 13.7. The molecular formula is C20H32O. The molecule has 1 heterocycles. The van der Waals surface area contributed by atoms with E-state index < -0.39 is 0 Å². The molecule has 0 saturated carbocycles. The third-order valence-electron chi connectivity index (χ3n) is 3.92. The Hall–Kier alpha value is -1.42. The average molecular weight is 288 g/mol. The van der Waals surface area contributed by atoms with Crippen LogP contribution in [0.25, 0.3) is 6.08 Å². The van der Waals surface area contributed by atoms with Crippen molar-refractivity contribution in [1.29, 1.82) is 0 Å². The maximum absolute atomic E-state index is 5.94. The molecule has 0 radical (unpaired) electrons. The molecule has 0 N–H and O–H groups in total. The van der Waals surface area contributed by atoms with Crippen LogP contribution in [0.15, 0.2) is 16.6 Å². The lowest BCUT2D eigenvalue weighted by Gasteiger charge is -2.13. The number of terminal acetylenes is 1. The molecule has 0 spiro atoms. The molecular weight excluding hydrogens is 256 g/mol. The molecule has 1 nitrogen and oxygen atoms in total. The van der Waals surface area contributed by atoms with Crippen molar-refractivity contribution in [3.63, 3.8) is 0 Å². The number of aryl methyl sites for hydroxylation is 1. The Morgan fingerprint density at radius 3 is 2.43 bits per heavy atom. The summed E-state index contributed by atoms with van der Waals surface area (Å²) in [7, 11) is 0. The lowest BCUT2D eigenvalue weighted by Crippen LogP contribution is -1.99. The zero-order valence-electron chi connectivity index (χ0n) is 14.5. The van der Waals surface area contributed by atoms with E-state index in [0.717, 1.165) is 17.4 Å². The minimum atomic E-state index is 0.529. The molecule has 0 unspecified atom stereocenters. The van der Waals surface area contributed by atoms with Crippen molar-refractivity contribution in [3.8, 4) is 12.8 Å². The van der Waals surface area contributed by atoms with Gasteiger partial charge in [0.05, 0.1) is 0 Å². The van der Waals surface area contributed by atoms with E-state index in [4.69, 9.17) is 4.42 Å². The first-order chi connectivity index (χ1) is 10.1. The van der Waals surface area contributed by atoms with Gasteiger partial charge in [0, 0.05) is 5.92 Å². The minimum absolute atomic E-state index is 0.529. The number of rotatable bonds is 8. The highest BCUT2D eigenvalue weighted by Crippen LogP contribution is 2.28. The highest BCUT2D eigenvalue weighted by atomic mass is 16.3. The molecule has 118 valence electrons. The predicted molar refractivity (Wildman–Crippen MR) is 94.4 cm³/mol. The first kappa shape index (κ1) is 19.6. The predicted octanol–water partition coefficient (Wildman–Crippen LogP) is 6.58. The standard InChI is InChI=1S/C18H30O.C2H2/c1-6-8-10-14(3)11-12-15(4)18-13-16(5)17(19-18)9-7-2;1-2/h7,9,13-15H,6,8,10-12H2,1-5H3;1-2H/b9-7-;/t14-,15+;/m1./s1. The van der Waals surface area contributed by atoms with Crippen molar-refractivity contribution in [2.24, 2.45) is 5.92 Å². The fourth-order valence-corrected chi connectivity index (χ4v) is 2.45. The fourth-order valence-electron chi connectivity index (χ4n) is 2.45. The lowest BCUT2D eigenvalue weighted by atomic mass is 9.93. The van der Waals surface area contributed by atoms with Gasteiger partial charge in [-0.25, -0.2) is 0 Å². The van der Waals surface area contributed by atoms with E-state index in [1.165, 1.54) is 37.7 Å². The van der Waals surface area contributed by atoms with Gasteiger partial charge < -0.3 is 4.42 Å². The summed E-state index contributed by atoms with van der Waals surface area (Å²) < 4.78 is 5.94. The monoisotopic (exact) mass is 288 g/mol. The first-order valence-electron chi connectivity index (χ1n) is 8.14. The smallest absolute Gasteiger partial charge is 0.129 e. The number of hydrogen-bond acceptors (Lipinski definition) is 1. The molecule has 2 atom stereocenters. The minimum Gasteiger partial charge on any atom is -0.461 e. The van der Waals surface area contributed by atoms with Crippen LogP contribution >= 0.6 is 0 Å². The highest BCUT2D eigenvalue weighted by Gasteiger charge is 2.13. The molecule has 0 aliphatic heterocycles. The summed E-state index contributed by atoms with van der Waals surface area (Å²) in [5.74, 6) is 3.53. The molecule has 0 aromatic carbocycles. The Morgan fingerprint density at radius 2 is 1.86 bits per heavy atom. The van der Waals surface area contributed by atoms with Crippen molar-refractivity contribution in [2.75, 3.05) is 0 Å². The second-order valence-electron chi connectivity index (χ2n) is 5.92. The van der Waals surface area contributed by atoms with Gasteiger partial charge in [-0.15, -0.1) is 12.8 Å². The largest absolute Gasteiger partial charge is 0.461 e. The Bertz CT molecular complexity index is 422. The Balaban J connectivity index is 0.00000191. The van der Waals surface area contributed by atoms with Crippen molar-refractivity contribution < 1.29 is 4.42 Å². The van der Waals surface area contributed by atoms with Gasteiger partial charge in [0.25, 0.3) is 0 Å². The van der Waals surface area contributed by atoms with Crippen LogP contribution in [0.1, 0.15) is 82.8 Å². The summed E-state index contributed by atoms with van der Waals surface area (Å²) in [6.45, 7) is 11.1. The van der Waals surface area contributed by atoms with Gasteiger partial charge in [-0.3, -0.25) is 0 Å². The highest BCUT2D eigenvalue weighted by molar-refractivity contribution is 5.47. The quantitative estimate of drug-likeness (QED) is 0.492. The van der Waals surface area contributed by atoms with Crippen LogP contribution in [-0.2, 0) is 0 Å². The third kappa shape index (κ3) is 7.23. The van der Waals surface area contributed by atoms with Crippen LogP contribution in [0.2, 0.25) is 0 Å². The Morgan fingerprint density at radius 1 is 1.19 bits per heavy atom. The first-order valence-corrected chi connectivity index (χ1v) is 8.14. The molecule has 1 aromatic heterocycles. The number of allylic oxidation sites excluding steroid dienone is 1. The molecule has 1 rings (SSSR count). The van der Waals surface area contributed by atoms with Crippen molar-refractivity contribution in [2.45, 2.75) is 72.6 Å². The zero-order chi connectivity index (χ0) is 16.3. The van der Waals surface area contributed by atoms with E-state index in [9.17, 15) is 0 Å². The van der Waals surface area contributed by atoms with Gasteiger partial charge in [0.2, 0.25) is 0 Å². The van der Waals surface area contributed by atoms with Crippen LogP contribution in [0.3, 0.4) is 0 Å². The van der Waals surface area contributed by atoms with E-state index in [0.29, 0.717) is 5.92 Å². The number of furan rings is 1. The lowest BCUT2D eigenvalue weighted by molar-refractivity contribution is 0.402. The van der Waals surface area contributed by atoms with E-state index in [1.807, 2.05) is 13.0 Å². The van der Waals surface area contributed by atoms with E-state index >= 15 is 0 Å². The van der Waals surface area contributed by atoms with Gasteiger partial charge in [-0.05, 0) is 43.9 Å². The Kier molecular flexibility index (Phi) is 10.5. The molecule has 1 heteroatoms. The topological polar surface area (TPSA) is 13.1 Å². The van der Waals surface area contributed by atoms with Crippen LogP contribution < -0.4 is 0 Å². The van der Waals surface area contributed by atoms with Gasteiger partial charge in [0.15, 0.2) is 0 Å².